The summed E-state index contributed by atoms with van der Waals surface area (Å²) in [5, 5.41) is 3.49. The molecule has 2 amide bonds. The highest BCUT2D eigenvalue weighted by Crippen LogP contribution is 2.33. The van der Waals surface area contributed by atoms with Crippen molar-refractivity contribution in [1.29, 1.82) is 0 Å². The van der Waals surface area contributed by atoms with Crippen LogP contribution in [0.5, 0.6) is 11.5 Å². The van der Waals surface area contributed by atoms with Crippen LogP contribution in [0.3, 0.4) is 0 Å². The number of rotatable bonds is 13. The molecule has 0 aliphatic rings. The molecule has 0 aliphatic heterocycles. The van der Waals surface area contributed by atoms with Crippen LogP contribution in [0.15, 0.2) is 65.6 Å². The Labute approximate surface area is 263 Å². The summed E-state index contributed by atoms with van der Waals surface area (Å²) in [6, 6.07) is 14.8. The number of carbonyl (C=O) groups excluding carboxylic acids is 2. The number of carbonyl (C=O) groups is 2. The van der Waals surface area contributed by atoms with Gasteiger partial charge in [-0.2, -0.15) is 0 Å². The van der Waals surface area contributed by atoms with E-state index in [-0.39, 0.29) is 41.2 Å². The molecule has 1 atom stereocenters. The van der Waals surface area contributed by atoms with Gasteiger partial charge in [0.05, 0.1) is 24.8 Å². The normalized spacial score (nSPS) is 12.0. The Morgan fingerprint density at radius 1 is 0.930 bits per heavy atom. The molecule has 0 saturated carbocycles. The third-order valence-electron chi connectivity index (χ3n) is 6.75. The number of hydrogen-bond acceptors (Lipinski definition) is 6. The molecule has 0 fully saturated rings. The number of halogens is 2. The minimum atomic E-state index is -4.32. The van der Waals surface area contributed by atoms with Crippen LogP contribution in [0, 0.1) is 6.92 Å². The van der Waals surface area contributed by atoms with Gasteiger partial charge in [0.1, 0.15) is 12.6 Å². The van der Waals surface area contributed by atoms with Crippen molar-refractivity contribution in [2.45, 2.75) is 57.6 Å². The van der Waals surface area contributed by atoms with Gasteiger partial charge in [-0.3, -0.25) is 13.9 Å². The number of nitrogens with zero attached hydrogens (tertiary/aromatic N) is 2. The summed E-state index contributed by atoms with van der Waals surface area (Å²) in [5.74, 6) is -0.431. The largest absolute Gasteiger partial charge is 0.493 e. The first-order valence-electron chi connectivity index (χ1n) is 13.7. The first kappa shape index (κ1) is 34.0. The highest BCUT2D eigenvalue weighted by atomic mass is 35.5. The van der Waals surface area contributed by atoms with E-state index in [0.717, 1.165) is 9.87 Å². The lowest BCUT2D eigenvalue weighted by atomic mass is 10.1. The lowest BCUT2D eigenvalue weighted by Gasteiger charge is -2.34. The minimum Gasteiger partial charge on any atom is -0.493 e. The van der Waals surface area contributed by atoms with Gasteiger partial charge in [0.25, 0.3) is 10.0 Å². The van der Waals surface area contributed by atoms with E-state index >= 15 is 0 Å². The minimum absolute atomic E-state index is 0.108. The first-order chi connectivity index (χ1) is 20.3. The lowest BCUT2D eigenvalue weighted by molar-refractivity contribution is -0.140. The maximum atomic E-state index is 14.2. The summed E-state index contributed by atoms with van der Waals surface area (Å²) < 4.78 is 40.0. The van der Waals surface area contributed by atoms with Crippen molar-refractivity contribution in [3.8, 4) is 11.5 Å². The number of hydrogen-bond donors (Lipinski definition) is 1. The third kappa shape index (κ3) is 8.13. The molecule has 0 aliphatic carbocycles. The van der Waals surface area contributed by atoms with E-state index in [1.807, 2.05) is 20.8 Å². The first-order valence-corrected chi connectivity index (χ1v) is 15.9. The predicted octanol–water partition coefficient (Wildman–Crippen LogP) is 5.85. The van der Waals surface area contributed by atoms with Gasteiger partial charge in [0, 0.05) is 34.3 Å². The fourth-order valence-corrected chi connectivity index (χ4v) is 6.45. The number of sulfonamides is 1. The number of aryl methyl sites for hydroxylation is 1. The molecular formula is C31H37Cl2N3O6S. The van der Waals surface area contributed by atoms with E-state index in [1.54, 1.807) is 49.4 Å². The zero-order valence-corrected chi connectivity index (χ0v) is 27.4. The van der Waals surface area contributed by atoms with Crippen LogP contribution >= 0.6 is 23.2 Å². The summed E-state index contributed by atoms with van der Waals surface area (Å²) in [5.41, 5.74) is 1.62. The van der Waals surface area contributed by atoms with Gasteiger partial charge in [-0.05, 0) is 63.6 Å². The molecule has 3 aromatic carbocycles. The standard InChI is InChI=1S/C31H37Cl2N3O6S/c1-7-27(31(38)34-20(2)3)35(18-24-25(32)9-8-10-26(24)33)30(37)19-36(22-13-11-21(4)12-14-22)43(39,40)23-15-16-28(41-5)29(17-23)42-6/h8-17,20,27H,7,18-19H2,1-6H3,(H,34,38). The molecule has 0 spiro atoms. The zero-order chi connectivity index (χ0) is 31.9. The number of methoxy groups -OCH3 is 2. The summed E-state index contributed by atoms with van der Waals surface area (Å²) in [6.07, 6.45) is 0.263. The van der Waals surface area contributed by atoms with Crippen LogP contribution in [0.25, 0.3) is 0 Å². The van der Waals surface area contributed by atoms with Crippen LogP contribution in [-0.2, 0) is 26.2 Å². The van der Waals surface area contributed by atoms with Gasteiger partial charge in [-0.15, -0.1) is 0 Å². The highest BCUT2D eigenvalue weighted by Gasteiger charge is 2.34. The molecular weight excluding hydrogens is 613 g/mol. The van der Waals surface area contributed by atoms with E-state index in [0.29, 0.717) is 21.4 Å². The second-order valence-corrected chi connectivity index (χ2v) is 12.8. The Morgan fingerprint density at radius 3 is 2.07 bits per heavy atom. The molecule has 9 nitrogen and oxygen atoms in total. The Kier molecular flexibility index (Phi) is 11.7. The molecule has 3 rings (SSSR count). The van der Waals surface area contributed by atoms with Gasteiger partial charge in [0.15, 0.2) is 11.5 Å². The van der Waals surface area contributed by atoms with Crippen LogP contribution < -0.4 is 19.1 Å². The molecule has 12 heteroatoms. The highest BCUT2D eigenvalue weighted by molar-refractivity contribution is 7.92. The number of ether oxygens (including phenoxy) is 2. The van der Waals surface area contributed by atoms with Crippen LogP contribution in [0.4, 0.5) is 5.69 Å². The van der Waals surface area contributed by atoms with E-state index in [4.69, 9.17) is 32.7 Å². The van der Waals surface area contributed by atoms with Crippen molar-refractivity contribution in [2.75, 3.05) is 25.1 Å². The topological polar surface area (TPSA) is 105 Å². The molecule has 43 heavy (non-hydrogen) atoms. The number of amides is 2. The van der Waals surface area contributed by atoms with Gasteiger partial charge in [-0.25, -0.2) is 8.42 Å². The quantitative estimate of drug-likeness (QED) is 0.249. The summed E-state index contributed by atoms with van der Waals surface area (Å²) in [7, 11) is -1.47. The summed E-state index contributed by atoms with van der Waals surface area (Å²) in [6.45, 7) is 6.56. The Hall–Kier alpha value is -3.47. The van der Waals surface area contributed by atoms with Crippen molar-refractivity contribution >= 4 is 50.7 Å². The molecule has 0 bridgehead atoms. The molecule has 1 unspecified atom stereocenters. The predicted molar refractivity (Wildman–Crippen MR) is 170 cm³/mol. The maximum absolute atomic E-state index is 14.2. The second-order valence-electron chi connectivity index (χ2n) is 10.2. The number of nitrogens with one attached hydrogen (secondary N) is 1. The van der Waals surface area contributed by atoms with Crippen LogP contribution in [0.1, 0.15) is 38.3 Å². The van der Waals surface area contributed by atoms with E-state index in [2.05, 4.69) is 5.32 Å². The van der Waals surface area contributed by atoms with Crippen molar-refractivity contribution in [2.24, 2.45) is 0 Å². The summed E-state index contributed by atoms with van der Waals surface area (Å²) in [4.78, 5) is 28.7. The van der Waals surface area contributed by atoms with E-state index in [1.165, 1.54) is 37.3 Å². The van der Waals surface area contributed by atoms with Crippen LogP contribution in [-0.4, -0.2) is 58.0 Å². The molecule has 0 heterocycles. The Bertz CT molecular complexity index is 1530. The second kappa shape index (κ2) is 14.8. The molecule has 232 valence electrons. The van der Waals surface area contributed by atoms with Gasteiger partial charge < -0.3 is 19.7 Å². The van der Waals surface area contributed by atoms with Crippen molar-refractivity contribution in [1.82, 2.24) is 10.2 Å². The number of anilines is 1. The Morgan fingerprint density at radius 2 is 1.53 bits per heavy atom. The third-order valence-corrected chi connectivity index (χ3v) is 9.23. The fourth-order valence-electron chi connectivity index (χ4n) is 4.50. The maximum Gasteiger partial charge on any atom is 0.264 e. The molecule has 0 aromatic heterocycles. The number of benzene rings is 3. The van der Waals surface area contributed by atoms with Gasteiger partial charge in [0.2, 0.25) is 11.8 Å². The lowest BCUT2D eigenvalue weighted by Crippen LogP contribution is -2.53. The molecule has 0 radical (unpaired) electrons. The molecule has 1 N–H and O–H groups in total. The zero-order valence-electron chi connectivity index (χ0n) is 25.1. The smallest absolute Gasteiger partial charge is 0.264 e. The average Bonchev–Trinajstić information content (AvgIpc) is 2.96. The van der Waals surface area contributed by atoms with E-state index in [9.17, 15) is 18.0 Å². The van der Waals surface area contributed by atoms with Gasteiger partial charge >= 0.3 is 0 Å². The van der Waals surface area contributed by atoms with Crippen molar-refractivity contribution in [3.63, 3.8) is 0 Å². The van der Waals surface area contributed by atoms with Gasteiger partial charge in [-0.1, -0.05) is 53.9 Å². The SMILES string of the molecule is CCC(C(=O)NC(C)C)N(Cc1c(Cl)cccc1Cl)C(=O)CN(c1ccc(C)cc1)S(=O)(=O)c1ccc(OC)c(OC)c1. The molecule has 0 saturated heterocycles. The van der Waals surface area contributed by atoms with Crippen molar-refractivity contribution < 1.29 is 27.5 Å². The Balaban J connectivity index is 2.14. The van der Waals surface area contributed by atoms with Crippen molar-refractivity contribution in [3.05, 3.63) is 81.8 Å². The summed E-state index contributed by atoms with van der Waals surface area (Å²) >= 11 is 12.9. The average molecular weight is 651 g/mol. The molecule has 3 aromatic rings. The fraction of sp³-hybridized carbons (Fsp3) is 0.355. The van der Waals surface area contributed by atoms with E-state index < -0.39 is 28.5 Å². The van der Waals surface area contributed by atoms with Crippen LogP contribution in [0.2, 0.25) is 10.0 Å². The monoisotopic (exact) mass is 649 g/mol.